The van der Waals surface area contributed by atoms with E-state index in [4.69, 9.17) is 4.74 Å². The Kier molecular flexibility index (Phi) is 9.29. The highest BCUT2D eigenvalue weighted by molar-refractivity contribution is 5.98. The van der Waals surface area contributed by atoms with Gasteiger partial charge in [0.05, 0.1) is 29.2 Å². The van der Waals surface area contributed by atoms with Crippen LogP contribution in [0.2, 0.25) is 0 Å². The van der Waals surface area contributed by atoms with Gasteiger partial charge in [0, 0.05) is 30.6 Å². The molecule has 5 rings (SSSR count). The molecule has 0 saturated carbocycles. The van der Waals surface area contributed by atoms with E-state index in [0.717, 1.165) is 24.6 Å². The van der Waals surface area contributed by atoms with Gasteiger partial charge in [-0.25, -0.2) is 4.39 Å². The lowest BCUT2D eigenvalue weighted by molar-refractivity contribution is -0.138. The third-order valence-electron chi connectivity index (χ3n) is 8.58. The van der Waals surface area contributed by atoms with Crippen molar-refractivity contribution in [3.8, 4) is 0 Å². The largest absolute Gasteiger partial charge is 0.416 e. The lowest BCUT2D eigenvalue weighted by atomic mass is 9.83. The molecule has 44 heavy (non-hydrogen) atoms. The highest BCUT2D eigenvalue weighted by Crippen LogP contribution is 2.40. The maximum absolute atomic E-state index is 15.0. The zero-order valence-corrected chi connectivity index (χ0v) is 25.0. The van der Waals surface area contributed by atoms with Gasteiger partial charge in [0.15, 0.2) is 0 Å². The van der Waals surface area contributed by atoms with Gasteiger partial charge in [-0.2, -0.15) is 13.2 Å². The topological polar surface area (TPSA) is 70.7 Å². The molecular formula is C34H37F4N3O3. The minimum Gasteiger partial charge on any atom is -0.382 e. The summed E-state index contributed by atoms with van der Waals surface area (Å²) in [5.74, 6) is -2.47. The van der Waals surface area contributed by atoms with Crippen molar-refractivity contribution in [3.05, 3.63) is 94.3 Å². The predicted octanol–water partition coefficient (Wildman–Crippen LogP) is 7.67. The molecule has 6 nitrogen and oxygen atoms in total. The molecule has 2 fully saturated rings. The number of rotatable bonds is 6. The third-order valence-corrected chi connectivity index (χ3v) is 8.58. The van der Waals surface area contributed by atoms with Crippen LogP contribution in [0.3, 0.4) is 0 Å². The number of likely N-dealkylation sites (tertiary alicyclic amines) is 1. The summed E-state index contributed by atoms with van der Waals surface area (Å²) in [6, 6.07) is 15.1. The zero-order chi connectivity index (χ0) is 31.6. The summed E-state index contributed by atoms with van der Waals surface area (Å²) in [6.07, 6.45) is -1.81. The molecule has 2 aliphatic rings. The van der Waals surface area contributed by atoms with Gasteiger partial charge in [-0.15, -0.1) is 0 Å². The lowest BCUT2D eigenvalue weighted by Gasteiger charge is -2.41. The summed E-state index contributed by atoms with van der Waals surface area (Å²) < 4.78 is 61.3. The van der Waals surface area contributed by atoms with Gasteiger partial charge in [-0.05, 0) is 93.5 Å². The second-order valence-corrected chi connectivity index (χ2v) is 11.8. The molecule has 10 heteroatoms. The maximum atomic E-state index is 15.0. The average molecular weight is 612 g/mol. The normalized spacial score (nSPS) is 22.4. The number of hydrogen-bond donors (Lipinski definition) is 2. The van der Waals surface area contributed by atoms with Crippen LogP contribution in [0.5, 0.6) is 0 Å². The number of halogens is 4. The number of nitrogens with one attached hydrogen (secondary N) is 2. The standard InChI is InChI=1S/C34H37F4N3O3/c1-20-9-12-25(19-28(20)34(36,37)38)40-32(42)27-7-5-16-41(33(43)30-21(2)6-4-8-29(30)35)31(27)23-10-13-24(14-11-23)39-26-15-17-44-22(3)18-26/h4,6,8-14,19,22,26-27,31,39H,5,7,15-18H2,1-3H3,(H,40,42)/t22-,26?,27-,31-/m0/s1. The molecule has 3 aromatic carbocycles. The number of ether oxygens (including phenoxy) is 1. The zero-order valence-electron chi connectivity index (χ0n) is 25.0. The Hall–Kier alpha value is -3.92. The van der Waals surface area contributed by atoms with Gasteiger partial charge in [-0.1, -0.05) is 30.3 Å². The van der Waals surface area contributed by atoms with Crippen molar-refractivity contribution in [2.75, 3.05) is 23.8 Å². The van der Waals surface area contributed by atoms with Gasteiger partial charge < -0.3 is 20.3 Å². The molecule has 2 N–H and O–H groups in total. The average Bonchev–Trinajstić information content (AvgIpc) is 2.97. The number of alkyl halides is 3. The van der Waals surface area contributed by atoms with Crippen LogP contribution in [0.25, 0.3) is 0 Å². The Morgan fingerprint density at radius 2 is 1.68 bits per heavy atom. The Morgan fingerprint density at radius 3 is 2.36 bits per heavy atom. The lowest BCUT2D eigenvalue weighted by Crippen LogP contribution is -2.46. The fourth-order valence-corrected chi connectivity index (χ4v) is 6.34. The van der Waals surface area contributed by atoms with Crippen LogP contribution in [-0.4, -0.2) is 42.0 Å². The number of carbonyl (C=O) groups excluding carboxylic acids is 2. The molecule has 0 aromatic heterocycles. The molecule has 234 valence electrons. The van der Waals surface area contributed by atoms with E-state index in [1.165, 1.54) is 36.1 Å². The van der Waals surface area contributed by atoms with E-state index in [1.54, 1.807) is 13.0 Å². The van der Waals surface area contributed by atoms with Crippen LogP contribution < -0.4 is 10.6 Å². The van der Waals surface area contributed by atoms with Crippen molar-refractivity contribution in [1.82, 2.24) is 4.90 Å². The van der Waals surface area contributed by atoms with Crippen molar-refractivity contribution in [1.29, 1.82) is 0 Å². The second-order valence-electron chi connectivity index (χ2n) is 11.8. The summed E-state index contributed by atoms with van der Waals surface area (Å²) in [7, 11) is 0. The molecule has 0 bridgehead atoms. The van der Waals surface area contributed by atoms with E-state index in [9.17, 15) is 27.2 Å². The Bertz CT molecular complexity index is 1490. The number of aryl methyl sites for hydroxylation is 2. The Morgan fingerprint density at radius 1 is 0.955 bits per heavy atom. The number of nitrogens with zero attached hydrogens (tertiary/aromatic N) is 1. The van der Waals surface area contributed by atoms with E-state index in [2.05, 4.69) is 10.6 Å². The molecule has 0 radical (unpaired) electrons. The van der Waals surface area contributed by atoms with Crippen LogP contribution in [-0.2, 0) is 15.7 Å². The summed E-state index contributed by atoms with van der Waals surface area (Å²) >= 11 is 0. The number of hydrogen-bond acceptors (Lipinski definition) is 4. The Labute approximate surface area is 254 Å². The van der Waals surface area contributed by atoms with Gasteiger partial charge in [0.25, 0.3) is 5.91 Å². The number of anilines is 2. The number of amides is 2. The first-order valence-corrected chi connectivity index (χ1v) is 14.9. The number of carbonyl (C=O) groups is 2. The summed E-state index contributed by atoms with van der Waals surface area (Å²) in [6.45, 7) is 6.03. The fourth-order valence-electron chi connectivity index (χ4n) is 6.34. The minimum atomic E-state index is -4.57. The molecule has 3 aromatic rings. The quantitative estimate of drug-likeness (QED) is 0.281. The van der Waals surface area contributed by atoms with E-state index in [-0.39, 0.29) is 29.0 Å². The SMILES string of the molecule is Cc1ccc(NC(=O)[C@H]2CCCN(C(=O)c3c(C)cccc3F)[C@H]2c2ccc(NC3CCO[C@@H](C)C3)cc2)cc1C(F)(F)F. The summed E-state index contributed by atoms with van der Waals surface area (Å²) in [5.41, 5.74) is 1.22. The first-order valence-electron chi connectivity index (χ1n) is 14.9. The first kappa shape index (κ1) is 31.5. The molecule has 2 saturated heterocycles. The number of benzene rings is 3. The van der Waals surface area contributed by atoms with E-state index in [0.29, 0.717) is 37.1 Å². The smallest absolute Gasteiger partial charge is 0.382 e. The van der Waals surface area contributed by atoms with Crippen LogP contribution in [0.4, 0.5) is 28.9 Å². The summed E-state index contributed by atoms with van der Waals surface area (Å²) in [5, 5.41) is 6.19. The molecule has 1 unspecified atom stereocenters. The second kappa shape index (κ2) is 13.0. The molecule has 2 aliphatic heterocycles. The van der Waals surface area contributed by atoms with Crippen LogP contribution in [0.15, 0.2) is 60.7 Å². The monoisotopic (exact) mass is 611 g/mol. The maximum Gasteiger partial charge on any atom is 0.416 e. The van der Waals surface area contributed by atoms with Gasteiger partial charge in [0.1, 0.15) is 5.82 Å². The summed E-state index contributed by atoms with van der Waals surface area (Å²) in [4.78, 5) is 29.2. The van der Waals surface area contributed by atoms with Gasteiger partial charge >= 0.3 is 6.18 Å². The molecule has 2 amide bonds. The van der Waals surface area contributed by atoms with Crippen molar-refractivity contribution < 1.29 is 31.9 Å². The van der Waals surface area contributed by atoms with Crippen molar-refractivity contribution in [2.45, 2.75) is 70.8 Å². The molecular weight excluding hydrogens is 574 g/mol. The molecule has 2 heterocycles. The predicted molar refractivity (Wildman–Crippen MR) is 161 cm³/mol. The third kappa shape index (κ3) is 6.90. The Balaban J connectivity index is 1.46. The van der Waals surface area contributed by atoms with E-state index >= 15 is 0 Å². The van der Waals surface area contributed by atoms with Crippen LogP contribution in [0, 0.1) is 25.6 Å². The van der Waals surface area contributed by atoms with Gasteiger partial charge in [0.2, 0.25) is 5.91 Å². The molecule has 0 aliphatic carbocycles. The minimum absolute atomic E-state index is 0.0188. The van der Waals surface area contributed by atoms with E-state index < -0.39 is 41.3 Å². The van der Waals surface area contributed by atoms with Crippen molar-refractivity contribution in [3.63, 3.8) is 0 Å². The van der Waals surface area contributed by atoms with E-state index in [1.807, 2.05) is 31.2 Å². The fraction of sp³-hybridized carbons (Fsp3) is 0.412. The molecule has 4 atom stereocenters. The van der Waals surface area contributed by atoms with Crippen molar-refractivity contribution in [2.24, 2.45) is 5.92 Å². The van der Waals surface area contributed by atoms with Crippen LogP contribution >= 0.6 is 0 Å². The van der Waals surface area contributed by atoms with Gasteiger partial charge in [-0.3, -0.25) is 9.59 Å². The highest BCUT2D eigenvalue weighted by atomic mass is 19.4. The number of piperidine rings is 1. The first-order chi connectivity index (χ1) is 20.9. The molecule has 0 spiro atoms. The van der Waals surface area contributed by atoms with Crippen molar-refractivity contribution >= 4 is 23.2 Å². The highest BCUT2D eigenvalue weighted by Gasteiger charge is 2.41. The van der Waals surface area contributed by atoms with Crippen LogP contribution in [0.1, 0.15) is 71.3 Å².